The van der Waals surface area contributed by atoms with Gasteiger partial charge in [0.1, 0.15) is 5.37 Å². The van der Waals surface area contributed by atoms with E-state index in [1.165, 1.54) is 0 Å². The maximum absolute atomic E-state index is 12.9. The molecule has 11 nitrogen and oxygen atoms in total. The van der Waals surface area contributed by atoms with Crippen molar-refractivity contribution in [1.29, 1.82) is 0 Å². The van der Waals surface area contributed by atoms with Crippen molar-refractivity contribution in [3.63, 3.8) is 0 Å². The average Bonchev–Trinajstić information content (AvgIpc) is 2.69. The van der Waals surface area contributed by atoms with Crippen molar-refractivity contribution in [1.82, 2.24) is 4.72 Å². The van der Waals surface area contributed by atoms with Crippen LogP contribution in [0.25, 0.3) is 0 Å². The molecule has 1 atom stereocenters. The molecule has 3 rings (SSSR count). The van der Waals surface area contributed by atoms with Gasteiger partial charge in [0.2, 0.25) is 20.0 Å². The summed E-state index contributed by atoms with van der Waals surface area (Å²) < 4.78 is 82.6. The van der Waals surface area contributed by atoms with Crippen molar-refractivity contribution < 1.29 is 39.4 Å². The number of nitrogens with two attached hydrogens (primary N) is 1. The molecule has 0 radical (unpaired) electrons. The van der Waals surface area contributed by atoms with Gasteiger partial charge in [0.15, 0.2) is 11.6 Å². The first-order chi connectivity index (χ1) is 14.7. The Morgan fingerprint density at radius 3 is 1.75 bits per heavy atom. The second-order valence-corrected chi connectivity index (χ2v) is 11.9. The maximum Gasteiger partial charge on any atom is 0.282 e. The number of hydrogen-bond donors (Lipinski definition) is 3. The molecule has 0 heterocycles. The van der Waals surface area contributed by atoms with Gasteiger partial charge in [0.05, 0.1) is 9.79 Å². The first-order valence-electron chi connectivity index (χ1n) is 9.05. The molecule has 0 fully saturated rings. The van der Waals surface area contributed by atoms with Crippen molar-refractivity contribution >= 4 is 41.7 Å². The van der Waals surface area contributed by atoms with Gasteiger partial charge in [-0.25, -0.2) is 22.0 Å². The number of rotatable bonds is 7. The Morgan fingerprint density at radius 1 is 0.844 bits per heavy atom. The number of benzene rings is 2. The SMILES string of the molecule is CCCC(NS(=O)(=O)c1ccc2c(c1)C(=O)c1ccc(S(N)(=O)=O)cc1C2=O)S(=O)(=O)O. The predicted molar refractivity (Wildman–Crippen MR) is 112 cm³/mol. The van der Waals surface area contributed by atoms with Crippen LogP contribution in [-0.4, -0.2) is 46.7 Å². The van der Waals surface area contributed by atoms with E-state index in [9.17, 15) is 39.4 Å². The third-order valence-electron chi connectivity index (χ3n) is 4.80. The number of carbonyl (C=O) groups is 2. The minimum Gasteiger partial charge on any atom is -0.289 e. The van der Waals surface area contributed by atoms with Crippen LogP contribution in [0.5, 0.6) is 0 Å². The smallest absolute Gasteiger partial charge is 0.282 e. The summed E-state index contributed by atoms with van der Waals surface area (Å²) in [6, 6.07) is 6.11. The number of sulfonamides is 2. The fourth-order valence-corrected chi connectivity index (χ4v) is 6.28. The number of nitrogens with one attached hydrogen (secondary N) is 1. The van der Waals surface area contributed by atoms with Gasteiger partial charge in [-0.2, -0.15) is 13.1 Å². The lowest BCUT2D eigenvalue weighted by molar-refractivity contribution is 0.0978. The van der Waals surface area contributed by atoms with Crippen LogP contribution >= 0.6 is 0 Å². The largest absolute Gasteiger partial charge is 0.289 e. The Labute approximate surface area is 184 Å². The van der Waals surface area contributed by atoms with Gasteiger partial charge in [-0.15, -0.1) is 0 Å². The standard InChI is InChI=1S/C18H18N2O9S3/c1-2-3-16(32(27,28)29)20-31(25,26)11-5-7-13-15(9-11)18(22)12-6-4-10(30(19,23)24)8-14(12)17(13)21/h4-9,16,20H,2-3H2,1H3,(H2,19,23,24)(H,27,28,29). The van der Waals surface area contributed by atoms with Crippen LogP contribution in [0.4, 0.5) is 0 Å². The highest BCUT2D eigenvalue weighted by molar-refractivity contribution is 7.91. The Kier molecular flexibility index (Phi) is 6.14. The van der Waals surface area contributed by atoms with E-state index < -0.39 is 52.0 Å². The average molecular weight is 503 g/mol. The first-order valence-corrected chi connectivity index (χ1v) is 13.6. The van der Waals surface area contributed by atoms with E-state index in [0.717, 1.165) is 36.4 Å². The van der Waals surface area contributed by atoms with Crippen LogP contribution in [0.15, 0.2) is 46.2 Å². The normalized spacial score (nSPS) is 15.2. The van der Waals surface area contributed by atoms with Crippen molar-refractivity contribution in [2.75, 3.05) is 0 Å². The van der Waals surface area contributed by atoms with Crippen LogP contribution in [0.2, 0.25) is 0 Å². The fourth-order valence-electron chi connectivity index (χ4n) is 3.22. The van der Waals surface area contributed by atoms with E-state index in [1.54, 1.807) is 6.92 Å². The van der Waals surface area contributed by atoms with Crippen molar-refractivity contribution in [2.24, 2.45) is 5.14 Å². The molecular formula is C18H18N2O9S3. The van der Waals surface area contributed by atoms with Crippen LogP contribution in [0.1, 0.15) is 51.6 Å². The Bertz CT molecular complexity index is 1460. The lowest BCUT2D eigenvalue weighted by Crippen LogP contribution is -2.40. The number of ketones is 2. The lowest BCUT2D eigenvalue weighted by atomic mass is 9.84. The zero-order valence-electron chi connectivity index (χ0n) is 16.5. The fraction of sp³-hybridized carbons (Fsp3) is 0.222. The summed E-state index contributed by atoms with van der Waals surface area (Å²) in [5.74, 6) is -1.44. The Morgan fingerprint density at radius 2 is 1.31 bits per heavy atom. The maximum atomic E-state index is 12.9. The molecule has 4 N–H and O–H groups in total. The summed E-state index contributed by atoms with van der Waals surface area (Å²) in [5, 5.41) is 3.28. The van der Waals surface area contributed by atoms with Crippen LogP contribution in [0, 0.1) is 0 Å². The minimum atomic E-state index is -4.73. The van der Waals surface area contributed by atoms with Gasteiger partial charge in [0.25, 0.3) is 10.1 Å². The van der Waals surface area contributed by atoms with E-state index in [-0.39, 0.29) is 40.0 Å². The summed E-state index contributed by atoms with van der Waals surface area (Å²) in [6.45, 7) is 1.59. The molecule has 0 spiro atoms. The molecule has 1 aliphatic carbocycles. The zero-order valence-corrected chi connectivity index (χ0v) is 18.9. The summed E-state index contributed by atoms with van der Waals surface area (Å²) >= 11 is 0. The first kappa shape index (κ1) is 24.2. The van der Waals surface area contributed by atoms with Gasteiger partial charge in [0, 0.05) is 22.3 Å². The van der Waals surface area contributed by atoms with E-state index in [4.69, 9.17) is 5.14 Å². The zero-order chi connectivity index (χ0) is 24.1. The minimum absolute atomic E-state index is 0.140. The summed E-state index contributed by atoms with van der Waals surface area (Å²) in [5.41, 5.74) is -0.753. The Hall–Kier alpha value is -2.49. The molecule has 32 heavy (non-hydrogen) atoms. The van der Waals surface area contributed by atoms with Gasteiger partial charge in [-0.05, 0) is 42.8 Å². The van der Waals surface area contributed by atoms with Gasteiger partial charge in [-0.3, -0.25) is 14.1 Å². The van der Waals surface area contributed by atoms with Crippen molar-refractivity contribution in [3.8, 4) is 0 Å². The third-order valence-corrected chi connectivity index (χ3v) is 8.40. The highest BCUT2D eigenvalue weighted by Crippen LogP contribution is 2.30. The summed E-state index contributed by atoms with van der Waals surface area (Å²) in [4.78, 5) is 24.9. The van der Waals surface area contributed by atoms with Crippen molar-refractivity contribution in [2.45, 2.75) is 34.9 Å². The topological polar surface area (TPSA) is 195 Å². The van der Waals surface area contributed by atoms with E-state index in [1.807, 2.05) is 4.72 Å². The second kappa shape index (κ2) is 8.13. The molecular weight excluding hydrogens is 484 g/mol. The second-order valence-electron chi connectivity index (χ2n) is 7.03. The molecule has 0 amide bonds. The molecule has 2 aromatic rings. The number of carbonyl (C=O) groups excluding carboxylic acids is 2. The van der Waals surface area contributed by atoms with Crippen LogP contribution in [-0.2, 0) is 30.2 Å². The van der Waals surface area contributed by atoms with Gasteiger partial charge >= 0.3 is 0 Å². The molecule has 0 aliphatic heterocycles. The molecule has 0 bridgehead atoms. The van der Waals surface area contributed by atoms with Gasteiger partial charge in [-0.1, -0.05) is 13.3 Å². The highest BCUT2D eigenvalue weighted by Gasteiger charge is 2.33. The third kappa shape index (κ3) is 4.51. The van der Waals surface area contributed by atoms with E-state index in [2.05, 4.69) is 0 Å². The predicted octanol–water partition coefficient (Wildman–Crippen LogP) is 0.402. The van der Waals surface area contributed by atoms with E-state index >= 15 is 0 Å². The number of primary sulfonamides is 1. The molecule has 172 valence electrons. The number of fused-ring (bicyclic) bond motifs is 2. The molecule has 2 aromatic carbocycles. The van der Waals surface area contributed by atoms with E-state index in [0.29, 0.717) is 0 Å². The lowest BCUT2D eigenvalue weighted by Gasteiger charge is -2.20. The molecule has 0 saturated heterocycles. The highest BCUT2D eigenvalue weighted by atomic mass is 32.2. The quantitative estimate of drug-likeness (QED) is 0.383. The van der Waals surface area contributed by atoms with Crippen molar-refractivity contribution in [3.05, 3.63) is 58.7 Å². The molecule has 1 aliphatic rings. The van der Waals surface area contributed by atoms with Gasteiger partial charge < -0.3 is 0 Å². The van der Waals surface area contributed by atoms with Crippen LogP contribution in [0.3, 0.4) is 0 Å². The Balaban J connectivity index is 2.07. The molecule has 1 unspecified atom stereocenters. The number of hydrogen-bond acceptors (Lipinski definition) is 8. The van der Waals surface area contributed by atoms with Crippen LogP contribution < -0.4 is 9.86 Å². The summed E-state index contributed by atoms with van der Waals surface area (Å²) in [6.07, 6.45) is 0.0572. The monoisotopic (exact) mass is 502 g/mol. The molecule has 0 aromatic heterocycles. The molecule has 14 heteroatoms. The molecule has 0 saturated carbocycles. The summed E-state index contributed by atoms with van der Waals surface area (Å²) in [7, 11) is -13.4.